The molecule has 23 heavy (non-hydrogen) atoms. The summed E-state index contributed by atoms with van der Waals surface area (Å²) in [7, 11) is 1.17. The number of ether oxygens (including phenoxy) is 1. The maximum atomic E-state index is 6.11. The van der Waals surface area contributed by atoms with Gasteiger partial charge in [0.2, 0.25) is 5.88 Å². The van der Waals surface area contributed by atoms with E-state index in [1.54, 1.807) is 18.0 Å². The van der Waals surface area contributed by atoms with E-state index in [4.69, 9.17) is 14.0 Å². The monoisotopic (exact) mass is 315 g/mol. The Morgan fingerprint density at radius 3 is 2.43 bits per heavy atom. The maximum absolute atomic E-state index is 6.11. The second-order valence-electron chi connectivity index (χ2n) is 6.76. The van der Waals surface area contributed by atoms with Crippen LogP contribution in [-0.4, -0.2) is 40.2 Å². The lowest BCUT2D eigenvalue weighted by atomic mass is 9.79. The SMILES string of the molecule is COc1cc(-n2cc(B3OC(C)(C)C(C)(C)O3)c(C)n2)ccn1. The Morgan fingerprint density at radius 2 is 1.83 bits per heavy atom. The largest absolute Gasteiger partial charge is 0.498 e. The molecule has 0 radical (unpaired) electrons. The van der Waals surface area contributed by atoms with Gasteiger partial charge in [0, 0.05) is 23.9 Å². The number of pyridine rings is 1. The lowest BCUT2D eigenvalue weighted by Gasteiger charge is -2.32. The minimum Gasteiger partial charge on any atom is -0.481 e. The molecule has 0 amide bonds. The molecule has 1 aliphatic rings. The molecule has 6 nitrogen and oxygen atoms in total. The van der Waals surface area contributed by atoms with Crippen LogP contribution in [0.3, 0.4) is 0 Å². The molecule has 7 heteroatoms. The number of aromatic nitrogens is 3. The highest BCUT2D eigenvalue weighted by Crippen LogP contribution is 2.36. The van der Waals surface area contributed by atoms with E-state index >= 15 is 0 Å². The van der Waals surface area contributed by atoms with Gasteiger partial charge in [-0.05, 0) is 40.7 Å². The zero-order valence-electron chi connectivity index (χ0n) is 14.5. The summed E-state index contributed by atoms with van der Waals surface area (Å²) in [5, 5.41) is 4.57. The Labute approximate surface area is 136 Å². The zero-order chi connectivity index (χ0) is 16.8. The van der Waals surface area contributed by atoms with Crippen molar-refractivity contribution in [3.05, 3.63) is 30.2 Å². The number of rotatable bonds is 3. The quantitative estimate of drug-likeness (QED) is 0.810. The molecular formula is C16H22BN3O3. The summed E-state index contributed by atoms with van der Waals surface area (Å²) >= 11 is 0. The molecule has 1 aliphatic heterocycles. The van der Waals surface area contributed by atoms with Crippen LogP contribution in [0.1, 0.15) is 33.4 Å². The fourth-order valence-corrected chi connectivity index (χ4v) is 2.46. The van der Waals surface area contributed by atoms with Crippen molar-refractivity contribution in [3.63, 3.8) is 0 Å². The van der Waals surface area contributed by atoms with Gasteiger partial charge in [0.1, 0.15) is 0 Å². The van der Waals surface area contributed by atoms with Crippen molar-refractivity contribution in [2.24, 2.45) is 0 Å². The van der Waals surface area contributed by atoms with Crippen molar-refractivity contribution in [1.29, 1.82) is 0 Å². The first kappa shape index (κ1) is 16.0. The molecule has 0 atom stereocenters. The van der Waals surface area contributed by atoms with Crippen molar-refractivity contribution < 1.29 is 14.0 Å². The molecule has 0 aromatic carbocycles. The van der Waals surface area contributed by atoms with Crippen molar-refractivity contribution in [1.82, 2.24) is 14.8 Å². The van der Waals surface area contributed by atoms with E-state index in [2.05, 4.69) is 10.1 Å². The first-order valence-electron chi connectivity index (χ1n) is 7.66. The van der Waals surface area contributed by atoms with Crippen LogP contribution in [0.5, 0.6) is 5.88 Å². The van der Waals surface area contributed by atoms with E-state index in [0.717, 1.165) is 16.8 Å². The van der Waals surface area contributed by atoms with Gasteiger partial charge in [-0.2, -0.15) is 5.10 Å². The topological polar surface area (TPSA) is 58.4 Å². The Morgan fingerprint density at radius 1 is 1.17 bits per heavy atom. The Balaban J connectivity index is 1.93. The molecule has 1 fully saturated rings. The molecule has 0 spiro atoms. The highest BCUT2D eigenvalue weighted by Gasteiger charge is 2.52. The third-order valence-corrected chi connectivity index (χ3v) is 4.64. The van der Waals surface area contributed by atoms with Gasteiger partial charge in [0.25, 0.3) is 0 Å². The number of hydrogen-bond acceptors (Lipinski definition) is 5. The van der Waals surface area contributed by atoms with Crippen LogP contribution in [0.15, 0.2) is 24.5 Å². The van der Waals surface area contributed by atoms with Gasteiger partial charge >= 0.3 is 7.12 Å². The van der Waals surface area contributed by atoms with Crippen LogP contribution in [-0.2, 0) is 9.31 Å². The van der Waals surface area contributed by atoms with Gasteiger partial charge in [0.05, 0.1) is 29.7 Å². The lowest BCUT2D eigenvalue weighted by molar-refractivity contribution is 0.00578. The molecule has 122 valence electrons. The van der Waals surface area contributed by atoms with Gasteiger partial charge in [-0.15, -0.1) is 0 Å². The second kappa shape index (κ2) is 5.35. The summed E-state index contributed by atoms with van der Waals surface area (Å²) in [6, 6.07) is 3.71. The standard InChI is InChI=1S/C16H22BN3O3/c1-11-13(17-22-15(2,3)16(4,5)23-17)10-20(19-11)12-7-8-18-14(9-12)21-6/h7-10H,1-6H3. The lowest BCUT2D eigenvalue weighted by Crippen LogP contribution is -2.41. The first-order valence-corrected chi connectivity index (χ1v) is 7.66. The Hall–Kier alpha value is -1.86. The molecule has 2 aromatic heterocycles. The normalized spacial score (nSPS) is 19.1. The van der Waals surface area contributed by atoms with Gasteiger partial charge in [-0.3, -0.25) is 0 Å². The fraction of sp³-hybridized carbons (Fsp3) is 0.500. The number of methoxy groups -OCH3 is 1. The molecule has 3 rings (SSSR count). The summed E-state index contributed by atoms with van der Waals surface area (Å²) in [6.45, 7) is 10.1. The van der Waals surface area contributed by atoms with Gasteiger partial charge < -0.3 is 14.0 Å². The number of aryl methyl sites for hydroxylation is 1. The summed E-state index contributed by atoms with van der Waals surface area (Å²) < 4.78 is 19.2. The smallest absolute Gasteiger partial charge is 0.481 e. The molecule has 3 heterocycles. The fourth-order valence-electron chi connectivity index (χ4n) is 2.46. The van der Waals surface area contributed by atoms with Crippen LogP contribution in [0.4, 0.5) is 0 Å². The highest BCUT2D eigenvalue weighted by molar-refractivity contribution is 6.62. The minimum absolute atomic E-state index is 0.369. The van der Waals surface area contributed by atoms with E-state index in [1.807, 2.05) is 52.9 Å². The van der Waals surface area contributed by atoms with Crippen molar-refractivity contribution in [2.75, 3.05) is 7.11 Å². The highest BCUT2D eigenvalue weighted by atomic mass is 16.7. The average Bonchev–Trinajstić information content (AvgIpc) is 2.97. The summed E-state index contributed by atoms with van der Waals surface area (Å²) in [6.07, 6.45) is 3.63. The molecular weight excluding hydrogens is 293 g/mol. The van der Waals surface area contributed by atoms with E-state index in [1.165, 1.54) is 0 Å². The van der Waals surface area contributed by atoms with E-state index in [0.29, 0.717) is 5.88 Å². The predicted octanol–water partition coefficient (Wildman–Crippen LogP) is 1.88. The van der Waals surface area contributed by atoms with Crippen molar-refractivity contribution in [3.8, 4) is 11.6 Å². The number of hydrogen-bond donors (Lipinski definition) is 0. The van der Waals surface area contributed by atoms with Crippen LogP contribution >= 0.6 is 0 Å². The van der Waals surface area contributed by atoms with E-state index in [9.17, 15) is 0 Å². The maximum Gasteiger partial charge on any atom is 0.498 e. The van der Waals surface area contributed by atoms with Crippen LogP contribution < -0.4 is 10.2 Å². The molecule has 0 saturated carbocycles. The molecule has 0 aliphatic carbocycles. The second-order valence-corrected chi connectivity index (χ2v) is 6.76. The third-order valence-electron chi connectivity index (χ3n) is 4.64. The Bertz CT molecular complexity index is 711. The molecule has 1 saturated heterocycles. The minimum atomic E-state index is -0.419. The van der Waals surface area contributed by atoms with Gasteiger partial charge in [-0.25, -0.2) is 9.67 Å². The summed E-state index contributed by atoms with van der Waals surface area (Å²) in [4.78, 5) is 4.12. The van der Waals surface area contributed by atoms with Gasteiger partial charge in [0.15, 0.2) is 0 Å². The zero-order valence-corrected chi connectivity index (χ0v) is 14.5. The van der Waals surface area contributed by atoms with Gasteiger partial charge in [-0.1, -0.05) is 0 Å². The Kier molecular flexibility index (Phi) is 3.73. The molecule has 2 aromatic rings. The van der Waals surface area contributed by atoms with Crippen molar-refractivity contribution >= 4 is 12.6 Å². The average molecular weight is 315 g/mol. The van der Waals surface area contributed by atoms with Crippen LogP contribution in [0.25, 0.3) is 5.69 Å². The summed E-state index contributed by atoms with van der Waals surface area (Å²) in [5.74, 6) is 0.549. The predicted molar refractivity (Wildman–Crippen MR) is 88.4 cm³/mol. The summed E-state index contributed by atoms with van der Waals surface area (Å²) in [5.41, 5.74) is 1.94. The third kappa shape index (κ3) is 2.75. The van der Waals surface area contributed by atoms with Crippen LogP contribution in [0, 0.1) is 6.92 Å². The van der Waals surface area contributed by atoms with E-state index in [-0.39, 0.29) is 11.2 Å². The molecule has 0 unspecified atom stereocenters. The van der Waals surface area contributed by atoms with Crippen molar-refractivity contribution in [2.45, 2.75) is 45.8 Å². The van der Waals surface area contributed by atoms with E-state index < -0.39 is 7.12 Å². The molecule has 0 bridgehead atoms. The van der Waals surface area contributed by atoms with Crippen LogP contribution in [0.2, 0.25) is 0 Å². The molecule has 0 N–H and O–H groups in total. The number of nitrogens with zero attached hydrogens (tertiary/aromatic N) is 3. The first-order chi connectivity index (χ1) is 10.7.